The van der Waals surface area contributed by atoms with E-state index in [2.05, 4.69) is 15.5 Å². The molecule has 3 rings (SSSR count). The fraction of sp³-hybridized carbons (Fsp3) is 0.200. The maximum absolute atomic E-state index is 6.35. The minimum absolute atomic E-state index is 0.387. The molecule has 0 saturated heterocycles. The SMILES string of the molecule is Nc1noc2cc(C3(Cl)C=NCN3)ccc12. The van der Waals surface area contributed by atoms with Crippen molar-refractivity contribution in [2.24, 2.45) is 4.99 Å². The number of rotatable bonds is 1. The molecule has 16 heavy (non-hydrogen) atoms. The molecule has 2 aromatic rings. The molecule has 5 nitrogen and oxygen atoms in total. The molecule has 1 aromatic carbocycles. The van der Waals surface area contributed by atoms with Crippen molar-refractivity contribution in [3.05, 3.63) is 23.8 Å². The molecule has 0 radical (unpaired) electrons. The highest BCUT2D eigenvalue weighted by Crippen LogP contribution is 2.30. The Balaban J connectivity index is 2.15. The molecule has 0 amide bonds. The number of anilines is 1. The Hall–Kier alpha value is -1.59. The Morgan fingerprint density at radius 2 is 2.38 bits per heavy atom. The fourth-order valence-corrected chi connectivity index (χ4v) is 1.98. The largest absolute Gasteiger partial charge is 0.380 e. The van der Waals surface area contributed by atoms with Crippen LogP contribution in [0.4, 0.5) is 5.82 Å². The van der Waals surface area contributed by atoms with E-state index in [0.29, 0.717) is 18.1 Å². The Morgan fingerprint density at radius 3 is 3.12 bits per heavy atom. The number of nitrogens with zero attached hydrogens (tertiary/aromatic N) is 2. The molecule has 0 bridgehead atoms. The molecule has 0 saturated carbocycles. The maximum Gasteiger partial charge on any atom is 0.174 e. The predicted octanol–water partition coefficient (Wildman–Crippen LogP) is 1.43. The van der Waals surface area contributed by atoms with Gasteiger partial charge >= 0.3 is 0 Å². The second kappa shape index (κ2) is 3.20. The smallest absolute Gasteiger partial charge is 0.174 e. The summed E-state index contributed by atoms with van der Waals surface area (Å²) in [6, 6.07) is 5.54. The zero-order valence-corrected chi connectivity index (χ0v) is 9.03. The van der Waals surface area contributed by atoms with E-state index in [1.165, 1.54) is 0 Å². The summed E-state index contributed by atoms with van der Waals surface area (Å²) in [5.74, 6) is 0.387. The van der Waals surface area contributed by atoms with Crippen molar-refractivity contribution in [2.75, 3.05) is 12.4 Å². The van der Waals surface area contributed by atoms with E-state index in [0.717, 1.165) is 10.9 Å². The molecule has 0 fully saturated rings. The third-order valence-electron chi connectivity index (χ3n) is 2.62. The summed E-state index contributed by atoms with van der Waals surface area (Å²) in [6.07, 6.45) is 1.68. The zero-order chi connectivity index (χ0) is 11.2. The summed E-state index contributed by atoms with van der Waals surface area (Å²) in [5, 5.41) is 7.55. The van der Waals surface area contributed by atoms with E-state index < -0.39 is 5.00 Å². The van der Waals surface area contributed by atoms with Crippen LogP contribution < -0.4 is 11.1 Å². The van der Waals surface area contributed by atoms with Gasteiger partial charge in [0.25, 0.3) is 0 Å². The van der Waals surface area contributed by atoms with Crippen molar-refractivity contribution in [1.29, 1.82) is 0 Å². The average Bonchev–Trinajstić information content (AvgIpc) is 2.87. The van der Waals surface area contributed by atoms with E-state index in [9.17, 15) is 0 Å². The van der Waals surface area contributed by atoms with Crippen molar-refractivity contribution in [3.63, 3.8) is 0 Å². The highest BCUT2D eigenvalue weighted by molar-refractivity contribution is 6.32. The van der Waals surface area contributed by atoms with Gasteiger partial charge in [-0.2, -0.15) is 0 Å². The van der Waals surface area contributed by atoms with Gasteiger partial charge in [-0.3, -0.25) is 10.3 Å². The van der Waals surface area contributed by atoms with Crippen LogP contribution in [-0.4, -0.2) is 18.0 Å². The number of aromatic nitrogens is 1. The Labute approximate surface area is 96.3 Å². The molecule has 82 valence electrons. The molecule has 6 heteroatoms. The minimum atomic E-state index is -0.754. The first-order valence-corrected chi connectivity index (χ1v) is 5.17. The monoisotopic (exact) mass is 236 g/mol. The van der Waals surface area contributed by atoms with E-state index >= 15 is 0 Å². The van der Waals surface area contributed by atoms with Gasteiger partial charge in [-0.15, -0.1) is 0 Å². The number of nitrogen functional groups attached to an aromatic ring is 1. The maximum atomic E-state index is 6.35. The second-order valence-corrected chi connectivity index (χ2v) is 4.23. The van der Waals surface area contributed by atoms with Gasteiger partial charge in [0.05, 0.1) is 12.1 Å². The van der Waals surface area contributed by atoms with Crippen LogP contribution in [0.2, 0.25) is 0 Å². The number of fused-ring (bicyclic) bond motifs is 1. The van der Waals surface area contributed by atoms with Gasteiger partial charge in [0.1, 0.15) is 0 Å². The number of nitrogens with two attached hydrogens (primary N) is 1. The summed E-state index contributed by atoms with van der Waals surface area (Å²) in [7, 11) is 0. The first kappa shape index (κ1) is 9.62. The first-order chi connectivity index (χ1) is 7.69. The van der Waals surface area contributed by atoms with Crippen molar-refractivity contribution >= 4 is 34.6 Å². The molecule has 2 heterocycles. The van der Waals surface area contributed by atoms with E-state index in [1.807, 2.05) is 18.2 Å². The van der Waals surface area contributed by atoms with Crippen molar-refractivity contribution in [3.8, 4) is 0 Å². The van der Waals surface area contributed by atoms with Gasteiger partial charge in [0.15, 0.2) is 16.4 Å². The summed E-state index contributed by atoms with van der Waals surface area (Å²) >= 11 is 6.35. The third kappa shape index (κ3) is 1.29. The lowest BCUT2D eigenvalue weighted by atomic mass is 10.1. The van der Waals surface area contributed by atoms with Gasteiger partial charge in [-0.25, -0.2) is 0 Å². The van der Waals surface area contributed by atoms with Gasteiger partial charge < -0.3 is 10.3 Å². The van der Waals surface area contributed by atoms with Crippen molar-refractivity contribution < 1.29 is 4.52 Å². The molecule has 0 aliphatic carbocycles. The molecular formula is C10H9ClN4O. The number of alkyl halides is 1. The van der Waals surface area contributed by atoms with Crippen LogP contribution in [0.3, 0.4) is 0 Å². The third-order valence-corrected chi connectivity index (χ3v) is 3.07. The van der Waals surface area contributed by atoms with E-state index in [4.69, 9.17) is 21.9 Å². The van der Waals surface area contributed by atoms with Crippen LogP contribution in [0.25, 0.3) is 11.0 Å². The van der Waals surface area contributed by atoms with Gasteiger partial charge in [0.2, 0.25) is 0 Å². The topological polar surface area (TPSA) is 76.4 Å². The standard InChI is InChI=1S/C10H9ClN4O/c11-10(4-13-5-14-10)6-1-2-7-8(3-6)16-15-9(7)12/h1-4,14H,5H2,(H2,12,15). The number of hydrogen-bond donors (Lipinski definition) is 2. The molecule has 1 aliphatic heterocycles. The van der Waals surface area contributed by atoms with Crippen molar-refractivity contribution in [1.82, 2.24) is 10.5 Å². The first-order valence-electron chi connectivity index (χ1n) is 4.79. The van der Waals surface area contributed by atoms with E-state index in [1.54, 1.807) is 6.21 Å². The summed E-state index contributed by atoms with van der Waals surface area (Å²) < 4.78 is 5.09. The van der Waals surface area contributed by atoms with Gasteiger partial charge in [-0.05, 0) is 17.7 Å². The molecule has 1 atom stereocenters. The highest BCUT2D eigenvalue weighted by atomic mass is 35.5. The normalized spacial score (nSPS) is 24.3. The zero-order valence-electron chi connectivity index (χ0n) is 8.27. The lowest BCUT2D eigenvalue weighted by Gasteiger charge is -2.18. The number of aliphatic imine (C=N–C) groups is 1. The van der Waals surface area contributed by atoms with Crippen LogP contribution in [-0.2, 0) is 5.00 Å². The number of nitrogens with one attached hydrogen (secondary N) is 1. The Bertz CT molecular complexity index is 579. The van der Waals surface area contributed by atoms with Crippen LogP contribution in [0, 0.1) is 0 Å². The minimum Gasteiger partial charge on any atom is -0.380 e. The quantitative estimate of drug-likeness (QED) is 0.580. The Morgan fingerprint density at radius 1 is 1.50 bits per heavy atom. The van der Waals surface area contributed by atoms with Crippen LogP contribution in [0.5, 0.6) is 0 Å². The second-order valence-electron chi connectivity index (χ2n) is 3.64. The van der Waals surface area contributed by atoms with Crippen LogP contribution in [0.15, 0.2) is 27.7 Å². The average molecular weight is 237 g/mol. The lowest BCUT2D eigenvalue weighted by Crippen LogP contribution is -2.33. The van der Waals surface area contributed by atoms with Crippen LogP contribution in [0.1, 0.15) is 5.56 Å². The molecule has 0 spiro atoms. The highest BCUT2D eigenvalue weighted by Gasteiger charge is 2.30. The molecule has 3 N–H and O–H groups in total. The summed E-state index contributed by atoms with van der Waals surface area (Å²) in [4.78, 5) is 3.30. The van der Waals surface area contributed by atoms with Crippen molar-refractivity contribution in [2.45, 2.75) is 5.00 Å². The molecule has 1 aromatic heterocycles. The van der Waals surface area contributed by atoms with Gasteiger partial charge in [0, 0.05) is 6.21 Å². The van der Waals surface area contributed by atoms with Crippen LogP contribution >= 0.6 is 11.6 Å². The van der Waals surface area contributed by atoms with E-state index in [-0.39, 0.29) is 0 Å². The molecule has 1 unspecified atom stereocenters. The predicted molar refractivity (Wildman–Crippen MR) is 62.4 cm³/mol. The number of hydrogen-bond acceptors (Lipinski definition) is 5. The Kier molecular flexibility index (Phi) is 1.92. The lowest BCUT2D eigenvalue weighted by molar-refractivity contribution is 0.460. The van der Waals surface area contributed by atoms with Gasteiger partial charge in [-0.1, -0.05) is 22.8 Å². The summed E-state index contributed by atoms with van der Waals surface area (Å²) in [5.41, 5.74) is 7.12. The number of benzene rings is 1. The molecular weight excluding hydrogens is 228 g/mol. The molecule has 1 aliphatic rings. The summed E-state index contributed by atoms with van der Waals surface area (Å²) in [6.45, 7) is 0.514. The number of halogens is 1. The fourth-order valence-electron chi connectivity index (χ4n) is 1.74.